The van der Waals surface area contributed by atoms with Crippen LogP contribution in [-0.2, 0) is 4.79 Å². The summed E-state index contributed by atoms with van der Waals surface area (Å²) in [5.41, 5.74) is 2.01. The Morgan fingerprint density at radius 2 is 2.04 bits per heavy atom. The molecule has 2 aromatic rings. The van der Waals surface area contributed by atoms with Gasteiger partial charge in [0.05, 0.1) is 18.3 Å². The summed E-state index contributed by atoms with van der Waals surface area (Å²) < 4.78 is 10.7. The molecule has 0 saturated heterocycles. The summed E-state index contributed by atoms with van der Waals surface area (Å²) in [5, 5.41) is 15.0. The molecule has 8 heteroatoms. The predicted octanol–water partition coefficient (Wildman–Crippen LogP) is 4.14. The van der Waals surface area contributed by atoms with Gasteiger partial charge in [-0.15, -0.1) is 0 Å². The maximum atomic E-state index is 12.0. The van der Waals surface area contributed by atoms with Gasteiger partial charge in [0.2, 0.25) is 0 Å². The van der Waals surface area contributed by atoms with E-state index in [2.05, 4.69) is 10.5 Å². The van der Waals surface area contributed by atoms with E-state index in [9.17, 15) is 4.79 Å². The van der Waals surface area contributed by atoms with Crippen LogP contribution in [-0.4, -0.2) is 31.0 Å². The van der Waals surface area contributed by atoms with Gasteiger partial charge >= 0.3 is 0 Å². The molecule has 0 aliphatic heterocycles. The fourth-order valence-electron chi connectivity index (χ4n) is 2.03. The van der Waals surface area contributed by atoms with E-state index in [1.54, 1.807) is 24.3 Å². The normalized spacial score (nSPS) is 10.7. The van der Waals surface area contributed by atoms with Crippen molar-refractivity contribution >= 4 is 41.0 Å². The number of benzene rings is 2. The zero-order valence-corrected chi connectivity index (χ0v) is 15.1. The highest BCUT2D eigenvalue weighted by atomic mass is 35.5. The van der Waals surface area contributed by atoms with Gasteiger partial charge in [-0.05, 0) is 36.8 Å². The Morgan fingerprint density at radius 3 is 2.68 bits per heavy atom. The topological polar surface area (TPSA) is 80.2 Å². The van der Waals surface area contributed by atoms with E-state index in [1.165, 1.54) is 19.4 Å². The molecule has 0 aliphatic carbocycles. The van der Waals surface area contributed by atoms with Crippen molar-refractivity contribution in [2.45, 2.75) is 6.92 Å². The minimum atomic E-state index is -0.376. The molecule has 0 radical (unpaired) electrons. The average Bonchev–Trinajstić information content (AvgIpc) is 2.57. The van der Waals surface area contributed by atoms with Gasteiger partial charge in [0.15, 0.2) is 18.1 Å². The van der Waals surface area contributed by atoms with Crippen LogP contribution in [0.2, 0.25) is 10.0 Å². The number of carbonyl (C=O) groups is 1. The fraction of sp³-hybridized carbons (Fsp3) is 0.176. The second-order valence-corrected chi connectivity index (χ2v) is 5.89. The second kappa shape index (κ2) is 8.60. The van der Waals surface area contributed by atoms with Gasteiger partial charge in [-0.25, -0.2) is 0 Å². The monoisotopic (exact) mass is 382 g/mol. The van der Waals surface area contributed by atoms with Crippen LogP contribution < -0.4 is 14.8 Å². The number of hydrogen-bond donors (Lipinski definition) is 2. The maximum Gasteiger partial charge on any atom is 0.262 e. The number of nitrogens with one attached hydrogen (secondary N) is 1. The SMILES string of the molecule is COc1cc(/C=N/O)cc(Cl)c1OCC(=O)Nc1ccc(C)c(Cl)c1. The number of aryl methyl sites for hydroxylation is 1. The van der Waals surface area contributed by atoms with E-state index < -0.39 is 0 Å². The lowest BCUT2D eigenvalue weighted by molar-refractivity contribution is -0.118. The molecule has 1 amide bonds. The van der Waals surface area contributed by atoms with Crippen LogP contribution >= 0.6 is 23.2 Å². The second-order valence-electron chi connectivity index (χ2n) is 5.08. The van der Waals surface area contributed by atoms with Crippen LogP contribution in [0.4, 0.5) is 5.69 Å². The first kappa shape index (κ1) is 18.9. The summed E-state index contributed by atoms with van der Waals surface area (Å²) >= 11 is 12.2. The van der Waals surface area contributed by atoms with Crippen LogP contribution in [0.3, 0.4) is 0 Å². The number of oxime groups is 1. The van der Waals surface area contributed by atoms with Gasteiger partial charge in [0.25, 0.3) is 5.91 Å². The number of rotatable bonds is 6. The van der Waals surface area contributed by atoms with Crippen molar-refractivity contribution in [1.29, 1.82) is 0 Å². The summed E-state index contributed by atoms with van der Waals surface area (Å²) in [6.07, 6.45) is 1.20. The van der Waals surface area contributed by atoms with Crippen molar-refractivity contribution in [1.82, 2.24) is 0 Å². The van der Waals surface area contributed by atoms with Crippen LogP contribution in [0, 0.1) is 6.92 Å². The van der Waals surface area contributed by atoms with Crippen molar-refractivity contribution < 1.29 is 19.5 Å². The molecule has 6 nitrogen and oxygen atoms in total. The lowest BCUT2D eigenvalue weighted by Crippen LogP contribution is -2.20. The Kier molecular flexibility index (Phi) is 6.50. The molecule has 2 rings (SSSR count). The third-order valence-electron chi connectivity index (χ3n) is 3.26. The Hall–Kier alpha value is -2.44. The molecule has 2 N–H and O–H groups in total. The Balaban J connectivity index is 2.07. The first-order chi connectivity index (χ1) is 11.9. The largest absolute Gasteiger partial charge is 0.493 e. The van der Waals surface area contributed by atoms with Gasteiger partial charge in [0, 0.05) is 16.3 Å². The minimum absolute atomic E-state index is 0.219. The number of amides is 1. The molecule has 2 aromatic carbocycles. The maximum absolute atomic E-state index is 12.0. The van der Waals surface area contributed by atoms with Crippen molar-refractivity contribution in [2.24, 2.45) is 5.16 Å². The quantitative estimate of drug-likeness (QED) is 0.447. The Morgan fingerprint density at radius 1 is 1.28 bits per heavy atom. The number of hydrogen-bond acceptors (Lipinski definition) is 5. The standard InChI is InChI=1S/C17H16Cl2N2O4/c1-10-3-4-12(7-13(10)18)21-16(22)9-25-17-14(19)5-11(8-20-23)6-15(17)24-2/h3-8,23H,9H2,1-2H3,(H,21,22)/b20-8+. The third-order valence-corrected chi connectivity index (χ3v) is 3.95. The molecule has 0 fully saturated rings. The van der Waals surface area contributed by atoms with Crippen LogP contribution in [0.25, 0.3) is 0 Å². The highest BCUT2D eigenvalue weighted by Gasteiger charge is 2.14. The van der Waals surface area contributed by atoms with Gasteiger partial charge in [-0.3, -0.25) is 4.79 Å². The van der Waals surface area contributed by atoms with Gasteiger partial charge in [0.1, 0.15) is 0 Å². The Bertz CT molecular complexity index is 809. The van der Waals surface area contributed by atoms with E-state index in [4.69, 9.17) is 37.9 Å². The summed E-state index contributed by atoms with van der Waals surface area (Å²) in [6.45, 7) is 1.60. The first-order valence-corrected chi connectivity index (χ1v) is 7.94. The number of nitrogens with zero attached hydrogens (tertiary/aromatic N) is 1. The Labute approximate surface area is 155 Å². The van der Waals surface area contributed by atoms with Crippen molar-refractivity contribution in [2.75, 3.05) is 19.0 Å². The zero-order valence-electron chi connectivity index (χ0n) is 13.5. The molecule has 25 heavy (non-hydrogen) atoms. The molecule has 132 valence electrons. The lowest BCUT2D eigenvalue weighted by atomic mass is 10.2. The molecule has 0 spiro atoms. The van der Waals surface area contributed by atoms with Gasteiger partial charge < -0.3 is 20.0 Å². The molecule has 0 unspecified atom stereocenters. The highest BCUT2D eigenvalue weighted by Crippen LogP contribution is 2.36. The molecule has 0 aliphatic rings. The molecular weight excluding hydrogens is 367 g/mol. The molecular formula is C17H16Cl2N2O4. The van der Waals surface area contributed by atoms with E-state index in [0.717, 1.165) is 5.56 Å². The van der Waals surface area contributed by atoms with E-state index in [1.807, 2.05) is 6.92 Å². The van der Waals surface area contributed by atoms with Crippen LogP contribution in [0.1, 0.15) is 11.1 Å². The van der Waals surface area contributed by atoms with E-state index in [-0.39, 0.29) is 23.3 Å². The minimum Gasteiger partial charge on any atom is -0.493 e. The zero-order chi connectivity index (χ0) is 18.4. The summed E-state index contributed by atoms with van der Waals surface area (Å²) in [7, 11) is 1.44. The van der Waals surface area contributed by atoms with Crippen LogP contribution in [0.15, 0.2) is 35.5 Å². The first-order valence-electron chi connectivity index (χ1n) is 7.18. The summed E-state index contributed by atoms with van der Waals surface area (Å²) in [5.74, 6) is 0.156. The molecule has 0 saturated carbocycles. The van der Waals surface area contributed by atoms with E-state index in [0.29, 0.717) is 22.0 Å². The van der Waals surface area contributed by atoms with E-state index >= 15 is 0 Å². The summed E-state index contributed by atoms with van der Waals surface area (Å²) in [6, 6.07) is 8.30. The smallest absolute Gasteiger partial charge is 0.262 e. The average molecular weight is 383 g/mol. The fourth-order valence-corrected chi connectivity index (χ4v) is 2.48. The predicted molar refractivity (Wildman–Crippen MR) is 97.7 cm³/mol. The van der Waals surface area contributed by atoms with Crippen LogP contribution in [0.5, 0.6) is 11.5 Å². The van der Waals surface area contributed by atoms with Gasteiger partial charge in [-0.2, -0.15) is 0 Å². The number of halogens is 2. The summed E-state index contributed by atoms with van der Waals surface area (Å²) in [4.78, 5) is 12.0. The molecule has 0 aromatic heterocycles. The molecule has 0 atom stereocenters. The number of ether oxygens (including phenoxy) is 2. The number of carbonyl (C=O) groups excluding carboxylic acids is 1. The van der Waals surface area contributed by atoms with Crippen molar-refractivity contribution in [3.05, 3.63) is 51.5 Å². The highest BCUT2D eigenvalue weighted by molar-refractivity contribution is 6.32. The molecule has 0 bridgehead atoms. The lowest BCUT2D eigenvalue weighted by Gasteiger charge is -2.13. The van der Waals surface area contributed by atoms with Gasteiger partial charge in [-0.1, -0.05) is 34.4 Å². The molecule has 0 heterocycles. The van der Waals surface area contributed by atoms with Crippen molar-refractivity contribution in [3.63, 3.8) is 0 Å². The number of anilines is 1. The number of methoxy groups -OCH3 is 1. The van der Waals surface area contributed by atoms with Crippen molar-refractivity contribution in [3.8, 4) is 11.5 Å². The third kappa shape index (κ3) is 5.01.